The van der Waals surface area contributed by atoms with Crippen LogP contribution in [0.4, 0.5) is 0 Å². The summed E-state index contributed by atoms with van der Waals surface area (Å²) in [5.41, 5.74) is 4.42. The van der Waals surface area contributed by atoms with E-state index in [1.54, 1.807) is 0 Å². The second-order valence-corrected chi connectivity index (χ2v) is 4.82. The van der Waals surface area contributed by atoms with Crippen LogP contribution in [-0.4, -0.2) is 13.6 Å². The fourth-order valence-electron chi connectivity index (χ4n) is 2.13. The van der Waals surface area contributed by atoms with Crippen molar-refractivity contribution < 1.29 is 0 Å². The minimum Gasteiger partial charge on any atom is -0.320 e. The van der Waals surface area contributed by atoms with Gasteiger partial charge >= 0.3 is 0 Å². The minimum atomic E-state index is 0.764. The maximum atomic E-state index is 3.22. The lowest BCUT2D eigenvalue weighted by Gasteiger charge is -2.13. The van der Waals surface area contributed by atoms with Crippen molar-refractivity contribution in [3.05, 3.63) is 34.9 Å². The van der Waals surface area contributed by atoms with Gasteiger partial charge in [0.2, 0.25) is 0 Å². The Hall–Kier alpha value is -0.820. The lowest BCUT2D eigenvalue weighted by atomic mass is 9.95. The van der Waals surface area contributed by atoms with E-state index in [1.807, 2.05) is 7.05 Å². The van der Waals surface area contributed by atoms with Crippen LogP contribution < -0.4 is 5.32 Å². The number of nitrogens with one attached hydrogen (secondary N) is 1. The lowest BCUT2D eigenvalue weighted by Crippen LogP contribution is -2.12. The quantitative estimate of drug-likeness (QED) is 0.773. The molecule has 0 fully saturated rings. The Balaban J connectivity index is 2.59. The maximum absolute atomic E-state index is 3.22. The molecule has 0 bridgehead atoms. The minimum absolute atomic E-state index is 0.764. The van der Waals surface area contributed by atoms with E-state index in [2.05, 4.69) is 44.3 Å². The van der Waals surface area contributed by atoms with Crippen LogP contribution in [0.5, 0.6) is 0 Å². The van der Waals surface area contributed by atoms with Crippen molar-refractivity contribution in [1.29, 1.82) is 0 Å². The summed E-state index contributed by atoms with van der Waals surface area (Å²) in [6.45, 7) is 7.89. The number of benzene rings is 1. The van der Waals surface area contributed by atoms with Crippen LogP contribution >= 0.6 is 0 Å². The molecule has 1 N–H and O–H groups in total. The van der Waals surface area contributed by atoms with Crippen molar-refractivity contribution in [2.24, 2.45) is 5.92 Å². The molecule has 0 aliphatic heterocycles. The molecule has 0 aliphatic carbocycles. The second-order valence-electron chi connectivity index (χ2n) is 4.82. The smallest absolute Gasteiger partial charge is 0.00493 e. The molecule has 1 rings (SSSR count). The average Bonchev–Trinajstić information content (AvgIpc) is 2.29. The van der Waals surface area contributed by atoms with E-state index < -0.39 is 0 Å². The zero-order chi connectivity index (χ0) is 12.0. The Bertz CT molecular complexity index is 317. The van der Waals surface area contributed by atoms with Gasteiger partial charge in [-0.25, -0.2) is 0 Å². The molecule has 1 aromatic rings. The lowest BCUT2D eigenvalue weighted by molar-refractivity contribution is 0.515. The van der Waals surface area contributed by atoms with Crippen molar-refractivity contribution in [3.63, 3.8) is 0 Å². The van der Waals surface area contributed by atoms with Gasteiger partial charge in [-0.2, -0.15) is 0 Å². The molecule has 1 atom stereocenters. The molecule has 0 aliphatic rings. The molecule has 0 spiro atoms. The Kier molecular flexibility index (Phi) is 5.54. The highest BCUT2D eigenvalue weighted by atomic mass is 14.8. The molecular formula is C15H25N. The van der Waals surface area contributed by atoms with Crippen LogP contribution in [0.3, 0.4) is 0 Å². The molecule has 0 saturated carbocycles. The fourth-order valence-corrected chi connectivity index (χ4v) is 2.13. The van der Waals surface area contributed by atoms with Crippen LogP contribution in [0.15, 0.2) is 18.2 Å². The summed E-state index contributed by atoms with van der Waals surface area (Å²) in [6.07, 6.45) is 3.60. The van der Waals surface area contributed by atoms with E-state index in [9.17, 15) is 0 Å². The standard InChI is InChI=1S/C15H25N/c1-5-15-11-14(7-6-13(15)3)10-12(2)8-9-16-4/h6-7,11-12,16H,5,8-10H2,1-4H3. The van der Waals surface area contributed by atoms with Gasteiger partial charge in [0.1, 0.15) is 0 Å². The van der Waals surface area contributed by atoms with Gasteiger partial charge in [0.05, 0.1) is 0 Å². The summed E-state index contributed by atoms with van der Waals surface area (Å²) < 4.78 is 0. The molecule has 0 saturated heterocycles. The average molecular weight is 219 g/mol. The van der Waals surface area contributed by atoms with E-state index in [0.29, 0.717) is 0 Å². The Labute approximate surface area is 100 Å². The van der Waals surface area contributed by atoms with Crippen LogP contribution in [0, 0.1) is 12.8 Å². The summed E-state index contributed by atoms with van der Waals surface area (Å²) in [4.78, 5) is 0. The highest BCUT2D eigenvalue weighted by Crippen LogP contribution is 2.16. The first-order chi connectivity index (χ1) is 7.67. The van der Waals surface area contributed by atoms with Crippen molar-refractivity contribution in [3.8, 4) is 0 Å². The maximum Gasteiger partial charge on any atom is -0.00493 e. The largest absolute Gasteiger partial charge is 0.320 e. The summed E-state index contributed by atoms with van der Waals surface area (Å²) in [6, 6.07) is 6.93. The van der Waals surface area contributed by atoms with Gasteiger partial charge in [-0.05, 0) is 62.4 Å². The fraction of sp³-hybridized carbons (Fsp3) is 0.600. The predicted octanol–water partition coefficient (Wildman–Crippen LogP) is 3.35. The highest BCUT2D eigenvalue weighted by Gasteiger charge is 2.04. The van der Waals surface area contributed by atoms with Gasteiger partial charge in [-0.3, -0.25) is 0 Å². The Morgan fingerprint density at radius 3 is 2.69 bits per heavy atom. The van der Waals surface area contributed by atoms with Crippen molar-refractivity contribution in [1.82, 2.24) is 5.32 Å². The molecule has 1 aromatic carbocycles. The van der Waals surface area contributed by atoms with E-state index in [0.717, 1.165) is 18.9 Å². The SMILES string of the molecule is CCc1cc(CC(C)CCNC)ccc1C. The third-order valence-corrected chi connectivity index (χ3v) is 3.27. The summed E-state index contributed by atoms with van der Waals surface area (Å²) >= 11 is 0. The third kappa shape index (κ3) is 3.97. The summed E-state index contributed by atoms with van der Waals surface area (Å²) in [5, 5.41) is 3.22. The van der Waals surface area contributed by atoms with E-state index >= 15 is 0 Å². The van der Waals surface area contributed by atoms with Crippen LogP contribution in [0.1, 0.15) is 37.0 Å². The van der Waals surface area contributed by atoms with Crippen LogP contribution in [-0.2, 0) is 12.8 Å². The molecule has 0 amide bonds. The molecule has 1 unspecified atom stereocenters. The Morgan fingerprint density at radius 2 is 2.06 bits per heavy atom. The normalized spacial score (nSPS) is 12.8. The molecule has 1 heteroatoms. The molecule has 0 heterocycles. The van der Waals surface area contributed by atoms with E-state index in [1.165, 1.54) is 29.5 Å². The molecule has 0 aromatic heterocycles. The molecule has 1 nitrogen and oxygen atoms in total. The van der Waals surface area contributed by atoms with Gasteiger partial charge in [-0.15, -0.1) is 0 Å². The second kappa shape index (κ2) is 6.70. The number of hydrogen-bond acceptors (Lipinski definition) is 1. The zero-order valence-electron chi connectivity index (χ0n) is 11.1. The molecule has 90 valence electrons. The van der Waals surface area contributed by atoms with E-state index in [4.69, 9.17) is 0 Å². The monoisotopic (exact) mass is 219 g/mol. The number of aryl methyl sites for hydroxylation is 2. The van der Waals surface area contributed by atoms with Gasteiger partial charge in [-0.1, -0.05) is 32.0 Å². The first-order valence-electron chi connectivity index (χ1n) is 6.40. The summed E-state index contributed by atoms with van der Waals surface area (Å²) in [5.74, 6) is 0.764. The first-order valence-corrected chi connectivity index (χ1v) is 6.40. The van der Waals surface area contributed by atoms with Crippen LogP contribution in [0.25, 0.3) is 0 Å². The number of rotatable bonds is 6. The van der Waals surface area contributed by atoms with Gasteiger partial charge < -0.3 is 5.32 Å². The highest BCUT2D eigenvalue weighted by molar-refractivity contribution is 5.31. The molecule has 16 heavy (non-hydrogen) atoms. The predicted molar refractivity (Wildman–Crippen MR) is 72.0 cm³/mol. The van der Waals surface area contributed by atoms with Gasteiger partial charge in [0.15, 0.2) is 0 Å². The Morgan fingerprint density at radius 1 is 1.31 bits per heavy atom. The zero-order valence-corrected chi connectivity index (χ0v) is 11.1. The topological polar surface area (TPSA) is 12.0 Å². The van der Waals surface area contributed by atoms with Crippen molar-refractivity contribution in [2.75, 3.05) is 13.6 Å². The molecular weight excluding hydrogens is 194 g/mol. The third-order valence-electron chi connectivity index (χ3n) is 3.27. The van der Waals surface area contributed by atoms with Crippen molar-refractivity contribution in [2.45, 2.75) is 40.0 Å². The number of hydrogen-bond donors (Lipinski definition) is 1. The summed E-state index contributed by atoms with van der Waals surface area (Å²) in [7, 11) is 2.02. The van der Waals surface area contributed by atoms with Crippen molar-refractivity contribution >= 4 is 0 Å². The van der Waals surface area contributed by atoms with Gasteiger partial charge in [0.25, 0.3) is 0 Å². The first kappa shape index (κ1) is 13.2. The van der Waals surface area contributed by atoms with Crippen LogP contribution in [0.2, 0.25) is 0 Å². The van der Waals surface area contributed by atoms with Gasteiger partial charge in [0, 0.05) is 0 Å². The molecule has 0 radical (unpaired) electrons. The van der Waals surface area contributed by atoms with E-state index in [-0.39, 0.29) is 0 Å².